The summed E-state index contributed by atoms with van der Waals surface area (Å²) >= 11 is 0. The Kier molecular flexibility index (Phi) is 6.53. The molecule has 0 saturated carbocycles. The Morgan fingerprint density at radius 2 is 1.16 bits per heavy atom. The fraction of sp³-hybridized carbons (Fsp3) is 1.00. The van der Waals surface area contributed by atoms with E-state index in [1.165, 1.54) is 0 Å². The lowest BCUT2D eigenvalue weighted by atomic mass is 10.3. The summed E-state index contributed by atoms with van der Waals surface area (Å²) < 4.78 is 17.2. The normalized spacial score (nSPS) is 26.2. The molecule has 0 aromatic carbocycles. The zero-order valence-electron chi connectivity index (χ0n) is 12.3. The van der Waals surface area contributed by atoms with Gasteiger partial charge in [-0.15, -0.1) is 0 Å². The van der Waals surface area contributed by atoms with E-state index in [9.17, 15) is 0 Å². The molecule has 0 aliphatic carbocycles. The van der Waals surface area contributed by atoms with Crippen LogP contribution in [0, 0.1) is 0 Å². The minimum Gasteiger partial charge on any atom is -0.379 e. The molecule has 112 valence electrons. The fourth-order valence-electron chi connectivity index (χ4n) is 2.79. The third kappa shape index (κ3) is 4.39. The lowest BCUT2D eigenvalue weighted by molar-refractivity contribution is -0.180. The van der Waals surface area contributed by atoms with Gasteiger partial charge in [-0.05, 0) is 12.8 Å². The van der Waals surface area contributed by atoms with Crippen LogP contribution >= 0.6 is 0 Å². The van der Waals surface area contributed by atoms with E-state index in [-0.39, 0.29) is 12.5 Å². The number of hydrogen-bond donors (Lipinski definition) is 0. The van der Waals surface area contributed by atoms with E-state index in [1.807, 2.05) is 0 Å². The molecule has 2 heterocycles. The van der Waals surface area contributed by atoms with Crippen LogP contribution in [-0.4, -0.2) is 74.9 Å². The van der Waals surface area contributed by atoms with Crippen LogP contribution in [0.2, 0.25) is 0 Å². The maximum absolute atomic E-state index is 6.37. The van der Waals surface area contributed by atoms with Crippen LogP contribution in [0.15, 0.2) is 0 Å². The molecule has 0 amide bonds. The summed E-state index contributed by atoms with van der Waals surface area (Å²) in [6.07, 6.45) is 2.50. The summed E-state index contributed by atoms with van der Waals surface area (Å²) in [5.41, 5.74) is 0. The fourth-order valence-corrected chi connectivity index (χ4v) is 2.79. The van der Waals surface area contributed by atoms with E-state index in [0.717, 1.165) is 65.4 Å². The second-order valence-corrected chi connectivity index (χ2v) is 5.16. The first kappa shape index (κ1) is 15.2. The highest BCUT2D eigenvalue weighted by molar-refractivity contribution is 4.70. The summed E-state index contributed by atoms with van der Waals surface area (Å²) in [5.74, 6) is 0. The van der Waals surface area contributed by atoms with Crippen molar-refractivity contribution in [1.82, 2.24) is 9.80 Å². The van der Waals surface area contributed by atoms with Crippen LogP contribution in [0.5, 0.6) is 0 Å². The maximum atomic E-state index is 6.37. The summed E-state index contributed by atoms with van der Waals surface area (Å²) in [6, 6.07) is 0. The largest absolute Gasteiger partial charge is 0.379 e. The Labute approximate surface area is 116 Å². The molecule has 2 rings (SSSR count). The van der Waals surface area contributed by atoms with Crippen LogP contribution in [0.1, 0.15) is 26.7 Å². The van der Waals surface area contributed by atoms with E-state index < -0.39 is 0 Å². The quantitative estimate of drug-likeness (QED) is 0.724. The molecule has 0 bridgehead atoms. The second-order valence-electron chi connectivity index (χ2n) is 5.16. The molecule has 2 unspecified atom stereocenters. The first-order chi connectivity index (χ1) is 9.35. The highest BCUT2D eigenvalue weighted by atomic mass is 16.5. The Balaban J connectivity index is 1.86. The molecule has 5 heteroatoms. The third-order valence-electron chi connectivity index (χ3n) is 3.92. The number of nitrogens with zero attached hydrogens (tertiary/aromatic N) is 2. The second kappa shape index (κ2) is 8.17. The van der Waals surface area contributed by atoms with Gasteiger partial charge >= 0.3 is 0 Å². The smallest absolute Gasteiger partial charge is 0.112 e. The molecule has 0 radical (unpaired) electrons. The van der Waals surface area contributed by atoms with Crippen LogP contribution < -0.4 is 0 Å². The summed E-state index contributed by atoms with van der Waals surface area (Å²) in [6.45, 7) is 11.6. The van der Waals surface area contributed by atoms with Gasteiger partial charge in [0.15, 0.2) is 0 Å². The average molecular weight is 272 g/mol. The van der Waals surface area contributed by atoms with Crippen LogP contribution in [0.25, 0.3) is 0 Å². The number of rotatable bonds is 6. The van der Waals surface area contributed by atoms with Crippen molar-refractivity contribution in [2.75, 3.05) is 52.6 Å². The number of morpholine rings is 2. The molecule has 19 heavy (non-hydrogen) atoms. The van der Waals surface area contributed by atoms with Gasteiger partial charge in [-0.1, -0.05) is 13.8 Å². The van der Waals surface area contributed by atoms with E-state index in [4.69, 9.17) is 14.2 Å². The average Bonchev–Trinajstić information content (AvgIpc) is 2.50. The third-order valence-corrected chi connectivity index (χ3v) is 3.92. The molecule has 0 spiro atoms. The van der Waals surface area contributed by atoms with Crippen molar-refractivity contribution in [3.63, 3.8) is 0 Å². The van der Waals surface area contributed by atoms with Crippen molar-refractivity contribution in [2.45, 2.75) is 39.1 Å². The van der Waals surface area contributed by atoms with Crippen LogP contribution in [0.4, 0.5) is 0 Å². The van der Waals surface area contributed by atoms with Gasteiger partial charge in [0, 0.05) is 26.2 Å². The zero-order chi connectivity index (χ0) is 13.5. The van der Waals surface area contributed by atoms with Crippen LogP contribution in [-0.2, 0) is 14.2 Å². The summed E-state index contributed by atoms with van der Waals surface area (Å²) in [4.78, 5) is 4.82. The molecule has 2 saturated heterocycles. The predicted molar refractivity (Wildman–Crippen MR) is 74.0 cm³/mol. The molecule has 2 aliphatic heterocycles. The molecule has 2 aliphatic rings. The molecule has 2 atom stereocenters. The van der Waals surface area contributed by atoms with Gasteiger partial charge in [0.2, 0.25) is 0 Å². The van der Waals surface area contributed by atoms with Crippen molar-refractivity contribution in [2.24, 2.45) is 0 Å². The van der Waals surface area contributed by atoms with Gasteiger partial charge < -0.3 is 14.2 Å². The SMILES string of the molecule is CCC(OC(CC)N1CCOCC1)N1CCOCC1. The van der Waals surface area contributed by atoms with Crippen molar-refractivity contribution in [3.05, 3.63) is 0 Å². The molecule has 2 fully saturated rings. The first-order valence-electron chi connectivity index (χ1n) is 7.64. The van der Waals surface area contributed by atoms with Crippen molar-refractivity contribution < 1.29 is 14.2 Å². The Morgan fingerprint density at radius 1 is 0.789 bits per heavy atom. The number of ether oxygens (including phenoxy) is 3. The zero-order valence-corrected chi connectivity index (χ0v) is 12.3. The standard InChI is InChI=1S/C14H28N2O3/c1-3-13(15-5-9-17-10-6-15)19-14(4-2)16-7-11-18-12-8-16/h13-14H,3-12H2,1-2H3. The number of hydrogen-bond acceptors (Lipinski definition) is 5. The first-order valence-corrected chi connectivity index (χ1v) is 7.64. The Morgan fingerprint density at radius 3 is 1.47 bits per heavy atom. The molecule has 0 N–H and O–H groups in total. The minimum atomic E-state index is 0.219. The van der Waals surface area contributed by atoms with E-state index in [2.05, 4.69) is 23.6 Å². The van der Waals surface area contributed by atoms with E-state index in [0.29, 0.717) is 0 Å². The Hall–Kier alpha value is -0.200. The minimum absolute atomic E-state index is 0.219. The van der Waals surface area contributed by atoms with E-state index >= 15 is 0 Å². The van der Waals surface area contributed by atoms with Gasteiger partial charge in [-0.3, -0.25) is 9.80 Å². The van der Waals surface area contributed by atoms with Gasteiger partial charge in [-0.25, -0.2) is 0 Å². The molecule has 5 nitrogen and oxygen atoms in total. The maximum Gasteiger partial charge on any atom is 0.112 e. The molecule has 0 aromatic heterocycles. The Bertz CT molecular complexity index is 217. The highest BCUT2D eigenvalue weighted by Gasteiger charge is 2.26. The van der Waals surface area contributed by atoms with Gasteiger partial charge in [-0.2, -0.15) is 0 Å². The van der Waals surface area contributed by atoms with Gasteiger partial charge in [0.25, 0.3) is 0 Å². The predicted octanol–water partition coefficient (Wildman–Crippen LogP) is 1.14. The molecule has 0 aromatic rings. The summed E-state index contributed by atoms with van der Waals surface area (Å²) in [7, 11) is 0. The van der Waals surface area contributed by atoms with Crippen molar-refractivity contribution in [3.8, 4) is 0 Å². The lowest BCUT2D eigenvalue weighted by Crippen LogP contribution is -2.51. The van der Waals surface area contributed by atoms with E-state index in [1.54, 1.807) is 0 Å². The van der Waals surface area contributed by atoms with Gasteiger partial charge in [0.05, 0.1) is 26.4 Å². The lowest BCUT2D eigenvalue weighted by Gasteiger charge is -2.40. The monoisotopic (exact) mass is 272 g/mol. The van der Waals surface area contributed by atoms with Crippen molar-refractivity contribution in [1.29, 1.82) is 0 Å². The van der Waals surface area contributed by atoms with Crippen molar-refractivity contribution >= 4 is 0 Å². The van der Waals surface area contributed by atoms with Gasteiger partial charge in [0.1, 0.15) is 12.5 Å². The highest BCUT2D eigenvalue weighted by Crippen LogP contribution is 2.16. The van der Waals surface area contributed by atoms with Crippen LogP contribution in [0.3, 0.4) is 0 Å². The summed E-state index contributed by atoms with van der Waals surface area (Å²) in [5, 5.41) is 0. The topological polar surface area (TPSA) is 34.2 Å². The molecular formula is C14H28N2O3. The molecular weight excluding hydrogens is 244 g/mol.